The van der Waals surface area contributed by atoms with E-state index in [-0.39, 0.29) is 5.91 Å². The summed E-state index contributed by atoms with van der Waals surface area (Å²) in [4.78, 5) is 12.1. The number of carbonyl (C=O) groups excluding carboxylic acids is 1. The van der Waals surface area contributed by atoms with E-state index in [1.54, 1.807) is 6.33 Å². The van der Waals surface area contributed by atoms with Gasteiger partial charge in [0.05, 0.1) is 6.04 Å². The van der Waals surface area contributed by atoms with Crippen molar-refractivity contribution in [2.45, 2.75) is 39.8 Å². The molecule has 0 bridgehead atoms. The lowest BCUT2D eigenvalue weighted by atomic mass is 10.0. The Morgan fingerprint density at radius 1 is 1.41 bits per heavy atom. The highest BCUT2D eigenvalue weighted by molar-refractivity contribution is 5.95. The van der Waals surface area contributed by atoms with Gasteiger partial charge in [0.25, 0.3) is 0 Å². The molecule has 0 unspecified atom stereocenters. The number of anilines is 1. The first-order chi connectivity index (χ1) is 10.5. The zero-order valence-electron chi connectivity index (χ0n) is 13.3. The van der Waals surface area contributed by atoms with Gasteiger partial charge in [0.1, 0.15) is 6.33 Å². The van der Waals surface area contributed by atoms with Crippen LogP contribution in [0, 0.1) is 5.92 Å². The number of aromatic nitrogens is 3. The second-order valence-electron chi connectivity index (χ2n) is 5.75. The normalized spacial score (nSPS) is 12.4. The molecule has 118 valence electrons. The van der Waals surface area contributed by atoms with Crippen LogP contribution in [0.5, 0.6) is 0 Å². The lowest BCUT2D eigenvalue weighted by Crippen LogP contribution is -2.36. The van der Waals surface area contributed by atoms with E-state index in [1.165, 1.54) is 0 Å². The quantitative estimate of drug-likeness (QED) is 0.857. The lowest BCUT2D eigenvalue weighted by Gasteiger charge is -2.14. The molecule has 0 aliphatic carbocycles. The van der Waals surface area contributed by atoms with Crippen molar-refractivity contribution in [1.29, 1.82) is 0 Å². The molecule has 0 saturated heterocycles. The number of nitrogens with two attached hydrogens (primary N) is 1. The van der Waals surface area contributed by atoms with Crippen molar-refractivity contribution in [3.63, 3.8) is 0 Å². The molecule has 1 heterocycles. The van der Waals surface area contributed by atoms with E-state index in [0.29, 0.717) is 18.0 Å². The van der Waals surface area contributed by atoms with Crippen LogP contribution in [0.2, 0.25) is 0 Å². The molecule has 1 atom stereocenters. The summed E-state index contributed by atoms with van der Waals surface area (Å²) < 4.78 is 1.95. The third-order valence-electron chi connectivity index (χ3n) is 3.41. The molecule has 6 heteroatoms. The van der Waals surface area contributed by atoms with Crippen molar-refractivity contribution in [3.05, 3.63) is 30.6 Å². The Hall–Kier alpha value is -2.21. The number of carbonyl (C=O) groups is 1. The highest BCUT2D eigenvalue weighted by Crippen LogP contribution is 2.21. The Bertz CT molecular complexity index is 635. The molecule has 3 N–H and O–H groups in total. The Morgan fingerprint density at radius 2 is 2.18 bits per heavy atom. The van der Waals surface area contributed by atoms with Crippen LogP contribution in [0.25, 0.3) is 11.4 Å². The number of hydrogen-bond acceptors (Lipinski definition) is 4. The zero-order valence-corrected chi connectivity index (χ0v) is 13.3. The lowest BCUT2D eigenvalue weighted by molar-refractivity contribution is -0.117. The standard InChI is InChI=1S/C16H23N5O/c1-4-21-10-18-20-15(21)12-6-5-7-13(9-12)19-16(22)14(17)8-11(2)3/h5-7,9-11,14H,4,8,17H2,1-3H3,(H,19,22)/t14-/m0/s1. The van der Waals surface area contributed by atoms with Crippen molar-refractivity contribution in [3.8, 4) is 11.4 Å². The van der Waals surface area contributed by atoms with E-state index in [9.17, 15) is 4.79 Å². The fraction of sp³-hybridized carbons (Fsp3) is 0.438. The van der Waals surface area contributed by atoms with Gasteiger partial charge >= 0.3 is 0 Å². The van der Waals surface area contributed by atoms with Gasteiger partial charge in [0.15, 0.2) is 5.82 Å². The number of amides is 1. The van der Waals surface area contributed by atoms with Gasteiger partial charge in [0, 0.05) is 17.8 Å². The average molecular weight is 301 g/mol. The summed E-state index contributed by atoms with van der Waals surface area (Å²) in [6.07, 6.45) is 2.36. The van der Waals surface area contributed by atoms with E-state index in [0.717, 1.165) is 17.9 Å². The molecular formula is C16H23N5O. The minimum Gasteiger partial charge on any atom is -0.325 e. The maximum absolute atomic E-state index is 12.1. The maximum Gasteiger partial charge on any atom is 0.241 e. The molecule has 0 spiro atoms. The minimum atomic E-state index is -0.497. The Balaban J connectivity index is 2.14. The Morgan fingerprint density at radius 3 is 2.86 bits per heavy atom. The summed E-state index contributed by atoms with van der Waals surface area (Å²) in [7, 11) is 0. The second kappa shape index (κ2) is 7.17. The van der Waals surface area contributed by atoms with Crippen LogP contribution in [0.15, 0.2) is 30.6 Å². The SMILES string of the molecule is CCn1cnnc1-c1cccc(NC(=O)[C@@H](N)CC(C)C)c1. The van der Waals surface area contributed by atoms with E-state index in [4.69, 9.17) is 5.73 Å². The molecule has 0 radical (unpaired) electrons. The molecule has 0 aliphatic heterocycles. The molecule has 22 heavy (non-hydrogen) atoms. The summed E-state index contributed by atoms with van der Waals surface area (Å²) in [5, 5.41) is 10.9. The van der Waals surface area contributed by atoms with Crippen molar-refractivity contribution in [2.24, 2.45) is 11.7 Å². The van der Waals surface area contributed by atoms with Gasteiger partial charge in [-0.3, -0.25) is 4.79 Å². The molecule has 2 rings (SSSR count). The average Bonchev–Trinajstić information content (AvgIpc) is 2.95. The molecule has 0 aliphatic rings. The first-order valence-corrected chi connectivity index (χ1v) is 7.56. The summed E-state index contributed by atoms with van der Waals surface area (Å²) in [6, 6.07) is 7.06. The minimum absolute atomic E-state index is 0.164. The number of benzene rings is 1. The van der Waals surface area contributed by atoms with Gasteiger partial charge in [-0.15, -0.1) is 10.2 Å². The summed E-state index contributed by atoms with van der Waals surface area (Å²) in [5.74, 6) is 1.00. The van der Waals surface area contributed by atoms with Crippen LogP contribution < -0.4 is 11.1 Å². The molecule has 0 saturated carbocycles. The van der Waals surface area contributed by atoms with Gasteiger partial charge in [-0.2, -0.15) is 0 Å². The largest absolute Gasteiger partial charge is 0.325 e. The molecule has 6 nitrogen and oxygen atoms in total. The van der Waals surface area contributed by atoms with E-state index in [1.807, 2.05) is 49.6 Å². The van der Waals surface area contributed by atoms with E-state index >= 15 is 0 Å². The van der Waals surface area contributed by atoms with Crippen molar-refractivity contribution >= 4 is 11.6 Å². The number of hydrogen-bond donors (Lipinski definition) is 2. The molecule has 1 amide bonds. The first-order valence-electron chi connectivity index (χ1n) is 7.56. The fourth-order valence-electron chi connectivity index (χ4n) is 2.30. The second-order valence-corrected chi connectivity index (χ2v) is 5.75. The predicted molar refractivity (Wildman–Crippen MR) is 87.2 cm³/mol. The van der Waals surface area contributed by atoms with Crippen molar-refractivity contribution in [2.75, 3.05) is 5.32 Å². The third kappa shape index (κ3) is 3.92. The van der Waals surface area contributed by atoms with E-state index < -0.39 is 6.04 Å². The number of aryl methyl sites for hydroxylation is 1. The van der Waals surface area contributed by atoms with Gasteiger partial charge < -0.3 is 15.6 Å². The summed E-state index contributed by atoms with van der Waals surface area (Å²) in [5.41, 5.74) is 7.53. The van der Waals surface area contributed by atoms with Gasteiger partial charge in [0.2, 0.25) is 5.91 Å². The molecule has 0 fully saturated rings. The zero-order chi connectivity index (χ0) is 16.1. The van der Waals surface area contributed by atoms with Gasteiger partial charge in [-0.05, 0) is 31.4 Å². The van der Waals surface area contributed by atoms with E-state index in [2.05, 4.69) is 15.5 Å². The molecule has 1 aromatic heterocycles. The van der Waals surface area contributed by atoms with Crippen LogP contribution in [-0.2, 0) is 11.3 Å². The fourth-order valence-corrected chi connectivity index (χ4v) is 2.30. The predicted octanol–water partition coefficient (Wildman–Crippen LogP) is 2.28. The highest BCUT2D eigenvalue weighted by Gasteiger charge is 2.15. The van der Waals surface area contributed by atoms with Crippen LogP contribution in [0.4, 0.5) is 5.69 Å². The maximum atomic E-state index is 12.1. The Kier molecular flexibility index (Phi) is 5.27. The molecular weight excluding hydrogens is 278 g/mol. The highest BCUT2D eigenvalue weighted by atomic mass is 16.2. The van der Waals surface area contributed by atoms with Gasteiger partial charge in [-0.1, -0.05) is 26.0 Å². The van der Waals surface area contributed by atoms with Crippen LogP contribution in [-0.4, -0.2) is 26.7 Å². The number of rotatable bonds is 6. The summed E-state index contributed by atoms with van der Waals surface area (Å²) in [6.45, 7) is 6.91. The van der Waals surface area contributed by atoms with Crippen LogP contribution in [0.3, 0.4) is 0 Å². The van der Waals surface area contributed by atoms with Gasteiger partial charge in [-0.25, -0.2) is 0 Å². The number of nitrogens with one attached hydrogen (secondary N) is 1. The molecule has 2 aromatic rings. The molecule has 1 aromatic carbocycles. The van der Waals surface area contributed by atoms with Crippen LogP contribution >= 0.6 is 0 Å². The monoisotopic (exact) mass is 301 g/mol. The first kappa shape index (κ1) is 16.2. The van der Waals surface area contributed by atoms with Crippen LogP contribution in [0.1, 0.15) is 27.2 Å². The van der Waals surface area contributed by atoms with Crippen molar-refractivity contribution in [1.82, 2.24) is 14.8 Å². The smallest absolute Gasteiger partial charge is 0.241 e. The third-order valence-corrected chi connectivity index (χ3v) is 3.41. The van der Waals surface area contributed by atoms with Crippen molar-refractivity contribution < 1.29 is 4.79 Å². The Labute approximate surface area is 130 Å². The topological polar surface area (TPSA) is 85.8 Å². The summed E-state index contributed by atoms with van der Waals surface area (Å²) >= 11 is 0. The number of nitrogens with zero attached hydrogens (tertiary/aromatic N) is 3.